The molecule has 3 nitrogen and oxygen atoms in total. The fourth-order valence-electron chi connectivity index (χ4n) is 8.63. The number of nitrogens with zero attached hydrogens (tertiary/aromatic N) is 1. The molecule has 9 aromatic carbocycles. The summed E-state index contributed by atoms with van der Waals surface area (Å²) >= 11 is 1.84. The van der Waals surface area contributed by atoms with Gasteiger partial charge in [-0.25, -0.2) is 0 Å². The van der Waals surface area contributed by atoms with Crippen LogP contribution < -0.4 is 4.90 Å². The lowest BCUT2D eigenvalue weighted by Crippen LogP contribution is -2.09. The number of furan rings is 2. The van der Waals surface area contributed by atoms with E-state index in [1.807, 2.05) is 11.3 Å². The molecule has 0 amide bonds. The largest absolute Gasteiger partial charge is 0.455 e. The maximum Gasteiger partial charge on any atom is 0.143 e. The molecule has 262 valence electrons. The van der Waals surface area contributed by atoms with Crippen molar-refractivity contribution < 1.29 is 8.83 Å². The molecule has 0 fully saturated rings. The Kier molecular flexibility index (Phi) is 6.80. The van der Waals surface area contributed by atoms with E-state index in [4.69, 9.17) is 8.83 Å². The van der Waals surface area contributed by atoms with Gasteiger partial charge in [0.1, 0.15) is 22.3 Å². The van der Waals surface area contributed by atoms with Gasteiger partial charge in [-0.15, -0.1) is 11.3 Å². The number of rotatable bonds is 5. The van der Waals surface area contributed by atoms with Crippen LogP contribution in [-0.4, -0.2) is 0 Å². The van der Waals surface area contributed by atoms with Crippen LogP contribution in [0.1, 0.15) is 0 Å². The zero-order valence-electron chi connectivity index (χ0n) is 30.1. The fourth-order valence-corrected chi connectivity index (χ4v) is 9.72. The van der Waals surface area contributed by atoms with Crippen molar-refractivity contribution in [1.82, 2.24) is 0 Å². The van der Waals surface area contributed by atoms with Crippen LogP contribution in [0.25, 0.3) is 97.1 Å². The van der Waals surface area contributed by atoms with E-state index in [-0.39, 0.29) is 0 Å². The molecule has 12 aromatic rings. The monoisotopic (exact) mass is 733 g/mol. The van der Waals surface area contributed by atoms with Gasteiger partial charge in [0, 0.05) is 81.5 Å². The van der Waals surface area contributed by atoms with Crippen molar-refractivity contribution in [2.75, 3.05) is 4.90 Å². The highest BCUT2D eigenvalue weighted by Crippen LogP contribution is 2.45. The summed E-state index contributed by atoms with van der Waals surface area (Å²) in [4.78, 5) is 2.30. The van der Waals surface area contributed by atoms with E-state index in [9.17, 15) is 0 Å². The second-order valence-corrected chi connectivity index (χ2v) is 15.5. The average molecular weight is 734 g/mol. The molecule has 0 spiro atoms. The third-order valence-electron chi connectivity index (χ3n) is 11.2. The Morgan fingerprint density at radius 3 is 1.77 bits per heavy atom. The van der Waals surface area contributed by atoms with Crippen LogP contribution >= 0.6 is 11.3 Å². The molecule has 0 N–H and O–H groups in total. The van der Waals surface area contributed by atoms with Crippen molar-refractivity contribution in [3.8, 4) is 22.3 Å². The molecule has 0 aliphatic carbocycles. The number of benzene rings is 9. The molecule has 0 saturated heterocycles. The molecular formula is C52H31NO2S. The van der Waals surface area contributed by atoms with Crippen molar-refractivity contribution >= 4 is 103 Å². The number of hydrogen-bond acceptors (Lipinski definition) is 4. The van der Waals surface area contributed by atoms with Gasteiger partial charge < -0.3 is 13.7 Å². The third-order valence-corrected chi connectivity index (χ3v) is 12.4. The summed E-state index contributed by atoms with van der Waals surface area (Å²) < 4.78 is 16.4. The number of anilines is 3. The van der Waals surface area contributed by atoms with E-state index >= 15 is 0 Å². The van der Waals surface area contributed by atoms with Crippen LogP contribution in [0.4, 0.5) is 17.1 Å². The minimum absolute atomic E-state index is 0.835. The molecule has 0 saturated carbocycles. The molecule has 56 heavy (non-hydrogen) atoms. The molecule has 0 atom stereocenters. The molecule has 0 aliphatic rings. The second kappa shape index (κ2) is 12.2. The van der Waals surface area contributed by atoms with E-state index in [2.05, 4.69) is 193 Å². The van der Waals surface area contributed by atoms with Crippen LogP contribution in [-0.2, 0) is 0 Å². The van der Waals surface area contributed by atoms with Crippen LogP contribution in [0.5, 0.6) is 0 Å². The molecule has 0 unspecified atom stereocenters. The Balaban J connectivity index is 1.01. The van der Waals surface area contributed by atoms with Crippen LogP contribution in [0.3, 0.4) is 0 Å². The SMILES string of the molecule is c1ccc(N(c2ccc3ccccc3c2)c2ccc3c(c2)oc2c(-c4cccc5c4oc4c(-c6ccc7sc8ccccc8c7c6)cccc45)cccc23)cc1. The van der Waals surface area contributed by atoms with Gasteiger partial charge in [0.2, 0.25) is 0 Å². The Bertz CT molecular complexity index is 3500. The maximum absolute atomic E-state index is 6.96. The fraction of sp³-hybridized carbons (Fsp3) is 0. The quantitative estimate of drug-likeness (QED) is 0.176. The molecule has 3 aromatic heterocycles. The first-order valence-electron chi connectivity index (χ1n) is 18.9. The second-order valence-electron chi connectivity index (χ2n) is 14.4. The number of para-hydroxylation sites is 4. The standard InChI is InChI=1S/C52H31NO2S/c1-2-13-35(14-3-1)53(36-25-23-32-11-4-5-12-33(32)29-36)37-26-27-39-41-17-9-19-43(51(41)54-47(39)31-37)45-21-10-20-44-42-18-8-16-38(50(42)55-52(44)45)34-24-28-49-46(30-34)40-15-6-7-22-48(40)56-49/h1-31H. The summed E-state index contributed by atoms with van der Waals surface area (Å²) in [6, 6.07) is 67.0. The van der Waals surface area contributed by atoms with Gasteiger partial charge in [0.25, 0.3) is 0 Å². The summed E-state index contributed by atoms with van der Waals surface area (Å²) in [5.74, 6) is 0. The number of fused-ring (bicyclic) bond motifs is 10. The van der Waals surface area contributed by atoms with Crippen LogP contribution in [0, 0.1) is 0 Å². The normalized spacial score (nSPS) is 11.9. The molecule has 0 bridgehead atoms. The molecular weight excluding hydrogens is 703 g/mol. The minimum atomic E-state index is 0.835. The lowest BCUT2D eigenvalue weighted by atomic mass is 9.98. The summed E-state index contributed by atoms with van der Waals surface area (Å²) in [6.07, 6.45) is 0. The topological polar surface area (TPSA) is 29.5 Å². The third kappa shape index (κ3) is 4.76. The van der Waals surface area contributed by atoms with E-state index in [1.54, 1.807) is 0 Å². The smallest absolute Gasteiger partial charge is 0.143 e. The van der Waals surface area contributed by atoms with Crippen molar-refractivity contribution in [1.29, 1.82) is 0 Å². The van der Waals surface area contributed by atoms with Gasteiger partial charge in [-0.2, -0.15) is 0 Å². The van der Waals surface area contributed by atoms with Crippen molar-refractivity contribution in [3.05, 3.63) is 188 Å². The first kappa shape index (κ1) is 31.2. The van der Waals surface area contributed by atoms with Crippen LogP contribution in [0.15, 0.2) is 197 Å². The van der Waals surface area contributed by atoms with Gasteiger partial charge in [-0.3, -0.25) is 0 Å². The van der Waals surface area contributed by atoms with Gasteiger partial charge in [-0.05, 0) is 70.9 Å². The van der Waals surface area contributed by atoms with Crippen molar-refractivity contribution in [2.24, 2.45) is 0 Å². The zero-order valence-corrected chi connectivity index (χ0v) is 30.9. The minimum Gasteiger partial charge on any atom is -0.455 e. The van der Waals surface area contributed by atoms with Gasteiger partial charge >= 0.3 is 0 Å². The Labute approximate surface area is 325 Å². The summed E-state index contributed by atoms with van der Waals surface area (Å²) in [7, 11) is 0. The van der Waals surface area contributed by atoms with Crippen molar-refractivity contribution in [3.63, 3.8) is 0 Å². The average Bonchev–Trinajstić information content (AvgIpc) is 3.95. The predicted molar refractivity (Wildman–Crippen MR) is 237 cm³/mol. The first-order valence-corrected chi connectivity index (χ1v) is 19.7. The maximum atomic E-state index is 6.96. The van der Waals surface area contributed by atoms with E-state index < -0.39 is 0 Å². The summed E-state index contributed by atoms with van der Waals surface area (Å²) in [6.45, 7) is 0. The van der Waals surface area contributed by atoms with Crippen molar-refractivity contribution in [2.45, 2.75) is 0 Å². The molecule has 0 aliphatic heterocycles. The van der Waals surface area contributed by atoms with Gasteiger partial charge in [-0.1, -0.05) is 127 Å². The molecule has 12 rings (SSSR count). The lowest BCUT2D eigenvalue weighted by Gasteiger charge is -2.25. The Morgan fingerprint density at radius 1 is 0.339 bits per heavy atom. The van der Waals surface area contributed by atoms with Gasteiger partial charge in [0.15, 0.2) is 0 Å². The number of thiophene rings is 1. The Morgan fingerprint density at radius 2 is 0.946 bits per heavy atom. The lowest BCUT2D eigenvalue weighted by molar-refractivity contribution is 0.665. The van der Waals surface area contributed by atoms with E-state index in [1.165, 1.54) is 30.9 Å². The summed E-state index contributed by atoms with van der Waals surface area (Å²) in [5, 5.41) is 9.33. The predicted octanol–water partition coefficient (Wildman–Crippen LogP) is 15.8. The van der Waals surface area contributed by atoms with E-state index in [0.29, 0.717) is 0 Å². The molecule has 0 radical (unpaired) electrons. The highest BCUT2D eigenvalue weighted by atomic mass is 32.1. The first-order chi connectivity index (χ1) is 27.7. The number of hydrogen-bond donors (Lipinski definition) is 0. The van der Waals surface area contributed by atoms with Gasteiger partial charge in [0.05, 0.1) is 0 Å². The van der Waals surface area contributed by atoms with Crippen LogP contribution in [0.2, 0.25) is 0 Å². The zero-order chi connectivity index (χ0) is 36.7. The van der Waals surface area contributed by atoms with E-state index in [0.717, 1.165) is 83.2 Å². The highest BCUT2D eigenvalue weighted by Gasteiger charge is 2.21. The summed E-state index contributed by atoms with van der Waals surface area (Å²) in [5.41, 5.74) is 10.9. The molecule has 3 heterocycles. The Hall–Kier alpha value is -7.14. The highest BCUT2D eigenvalue weighted by molar-refractivity contribution is 7.25. The molecule has 4 heteroatoms.